The van der Waals surface area contributed by atoms with Crippen molar-refractivity contribution in [3.63, 3.8) is 0 Å². The number of nitrogens with zero attached hydrogens (tertiary/aromatic N) is 2. The van der Waals surface area contributed by atoms with Gasteiger partial charge in [0.2, 0.25) is 0 Å². The first-order valence-corrected chi connectivity index (χ1v) is 5.62. The zero-order valence-corrected chi connectivity index (χ0v) is 10.3. The van der Waals surface area contributed by atoms with Crippen LogP contribution in [0.5, 0.6) is 5.75 Å². The van der Waals surface area contributed by atoms with E-state index in [-0.39, 0.29) is 17.2 Å². The van der Waals surface area contributed by atoms with Gasteiger partial charge in [0.05, 0.1) is 12.1 Å². The number of hydrogen-bond donors (Lipinski definition) is 2. The second kappa shape index (κ2) is 4.91. The average Bonchev–Trinajstić information content (AvgIpc) is 2.75. The molecule has 0 bridgehead atoms. The van der Waals surface area contributed by atoms with E-state index < -0.39 is 0 Å². The van der Waals surface area contributed by atoms with Crippen LogP contribution in [0.15, 0.2) is 30.6 Å². The Kier molecular flexibility index (Phi) is 3.32. The van der Waals surface area contributed by atoms with E-state index in [1.54, 1.807) is 18.3 Å². The Morgan fingerprint density at radius 1 is 1.50 bits per heavy atom. The fraction of sp³-hybridized carbons (Fsp3) is 0.231. The van der Waals surface area contributed by atoms with Gasteiger partial charge in [0.25, 0.3) is 5.91 Å². The summed E-state index contributed by atoms with van der Waals surface area (Å²) < 4.78 is 1.83. The molecule has 2 aromatic rings. The molecule has 0 aliphatic carbocycles. The van der Waals surface area contributed by atoms with Crippen LogP contribution in [0.4, 0.5) is 0 Å². The van der Waals surface area contributed by atoms with Crippen molar-refractivity contribution >= 4 is 5.91 Å². The summed E-state index contributed by atoms with van der Waals surface area (Å²) in [6, 6.07) is 4.93. The molecule has 0 unspecified atom stereocenters. The lowest BCUT2D eigenvalue weighted by Gasteiger charge is -2.07. The Morgan fingerprint density at radius 3 is 2.94 bits per heavy atom. The number of hydrogen-bond acceptors (Lipinski definition) is 3. The highest BCUT2D eigenvalue weighted by atomic mass is 16.3. The molecule has 0 saturated heterocycles. The minimum Gasteiger partial charge on any atom is -0.507 e. The predicted octanol–water partition coefficient (Wildman–Crippen LogP) is 1.36. The molecule has 5 heteroatoms. The maximum Gasteiger partial charge on any atom is 0.255 e. The Hall–Kier alpha value is -2.30. The highest BCUT2D eigenvalue weighted by Crippen LogP contribution is 2.17. The van der Waals surface area contributed by atoms with E-state index >= 15 is 0 Å². The van der Waals surface area contributed by atoms with Gasteiger partial charge in [-0.3, -0.25) is 4.79 Å². The molecule has 0 aliphatic rings. The normalized spacial score (nSPS) is 10.3. The second-order valence-corrected chi connectivity index (χ2v) is 4.16. The molecular formula is C13H15N3O2. The number of phenols is 1. The minimum atomic E-state index is -0.306. The lowest BCUT2D eigenvalue weighted by atomic mass is 10.1. The molecule has 0 saturated carbocycles. The van der Waals surface area contributed by atoms with E-state index in [4.69, 9.17) is 0 Å². The Bertz CT molecular complexity index is 575. The fourth-order valence-electron chi connectivity index (χ4n) is 1.65. The number of nitrogens with one attached hydrogen (secondary N) is 1. The number of carbonyl (C=O) groups is 1. The van der Waals surface area contributed by atoms with Gasteiger partial charge in [0.15, 0.2) is 0 Å². The first-order valence-electron chi connectivity index (χ1n) is 5.62. The van der Waals surface area contributed by atoms with Crippen LogP contribution in [0.3, 0.4) is 0 Å². The SMILES string of the molecule is Cc1ccc(O)c(C(=O)NCc2nccn2C)c1. The molecule has 0 spiro atoms. The number of rotatable bonds is 3. The van der Waals surface area contributed by atoms with E-state index in [2.05, 4.69) is 10.3 Å². The summed E-state index contributed by atoms with van der Waals surface area (Å²) >= 11 is 0. The summed E-state index contributed by atoms with van der Waals surface area (Å²) in [5.41, 5.74) is 1.21. The van der Waals surface area contributed by atoms with Crippen molar-refractivity contribution in [2.45, 2.75) is 13.5 Å². The molecule has 0 aliphatic heterocycles. The van der Waals surface area contributed by atoms with Gasteiger partial charge >= 0.3 is 0 Å². The third-order valence-electron chi connectivity index (χ3n) is 2.72. The van der Waals surface area contributed by atoms with Gasteiger partial charge in [0.1, 0.15) is 11.6 Å². The van der Waals surface area contributed by atoms with Gasteiger partial charge in [-0.1, -0.05) is 11.6 Å². The van der Waals surface area contributed by atoms with Crippen molar-refractivity contribution < 1.29 is 9.90 Å². The van der Waals surface area contributed by atoms with Crippen molar-refractivity contribution in [3.05, 3.63) is 47.5 Å². The largest absolute Gasteiger partial charge is 0.507 e. The number of aromatic hydroxyl groups is 1. The maximum atomic E-state index is 11.9. The van der Waals surface area contributed by atoms with Crippen LogP contribution >= 0.6 is 0 Å². The maximum absolute atomic E-state index is 11.9. The fourth-order valence-corrected chi connectivity index (χ4v) is 1.65. The van der Waals surface area contributed by atoms with Gasteiger partial charge in [-0.2, -0.15) is 0 Å². The van der Waals surface area contributed by atoms with Crippen LogP contribution in [-0.4, -0.2) is 20.6 Å². The van der Waals surface area contributed by atoms with Crippen LogP contribution in [-0.2, 0) is 13.6 Å². The van der Waals surface area contributed by atoms with E-state index in [1.807, 2.05) is 24.7 Å². The highest BCUT2D eigenvalue weighted by Gasteiger charge is 2.11. The molecule has 2 rings (SSSR count). The molecule has 94 valence electrons. The summed E-state index contributed by atoms with van der Waals surface area (Å²) in [5, 5.41) is 12.4. The third-order valence-corrected chi connectivity index (χ3v) is 2.72. The lowest BCUT2D eigenvalue weighted by Crippen LogP contribution is -2.24. The first kappa shape index (κ1) is 12.2. The van der Waals surface area contributed by atoms with Gasteiger partial charge < -0.3 is 15.0 Å². The summed E-state index contributed by atoms with van der Waals surface area (Å²) in [5.74, 6) is 0.438. The first-order chi connectivity index (χ1) is 8.58. The Labute approximate surface area is 105 Å². The highest BCUT2D eigenvalue weighted by molar-refractivity contribution is 5.96. The monoisotopic (exact) mass is 245 g/mol. The van der Waals surface area contributed by atoms with E-state index in [0.29, 0.717) is 6.54 Å². The van der Waals surface area contributed by atoms with Crippen molar-refractivity contribution in [1.29, 1.82) is 0 Å². The third kappa shape index (κ3) is 2.51. The molecule has 0 fully saturated rings. The van der Waals surface area contributed by atoms with Crippen LogP contribution in [0.2, 0.25) is 0 Å². The van der Waals surface area contributed by atoms with Crippen molar-refractivity contribution in [2.24, 2.45) is 7.05 Å². The molecule has 1 aromatic carbocycles. The zero-order valence-electron chi connectivity index (χ0n) is 10.3. The quantitative estimate of drug-likeness (QED) is 0.858. The number of aryl methyl sites for hydroxylation is 2. The van der Waals surface area contributed by atoms with E-state index in [9.17, 15) is 9.90 Å². The van der Waals surface area contributed by atoms with Gasteiger partial charge in [-0.05, 0) is 19.1 Å². The van der Waals surface area contributed by atoms with Gasteiger partial charge in [-0.25, -0.2) is 4.98 Å². The van der Waals surface area contributed by atoms with Gasteiger partial charge in [0, 0.05) is 19.4 Å². The Balaban J connectivity index is 2.08. The molecule has 1 heterocycles. The van der Waals surface area contributed by atoms with Crippen molar-refractivity contribution in [2.75, 3.05) is 0 Å². The minimum absolute atomic E-state index is 0.0158. The molecule has 18 heavy (non-hydrogen) atoms. The molecule has 2 N–H and O–H groups in total. The standard InChI is InChI=1S/C13H15N3O2/c1-9-3-4-11(17)10(7-9)13(18)15-8-12-14-5-6-16(12)2/h3-7,17H,8H2,1-2H3,(H,15,18). The van der Waals surface area contributed by atoms with Crippen molar-refractivity contribution in [1.82, 2.24) is 14.9 Å². The predicted molar refractivity (Wildman–Crippen MR) is 67.2 cm³/mol. The van der Waals surface area contributed by atoms with E-state index in [1.165, 1.54) is 6.07 Å². The van der Waals surface area contributed by atoms with Crippen LogP contribution in [0, 0.1) is 6.92 Å². The number of aromatic nitrogens is 2. The molecule has 0 radical (unpaired) electrons. The summed E-state index contributed by atoms with van der Waals surface area (Å²) in [6.45, 7) is 2.20. The topological polar surface area (TPSA) is 67.2 Å². The summed E-state index contributed by atoms with van der Waals surface area (Å²) in [6.07, 6.45) is 3.48. The number of phenolic OH excluding ortho intramolecular Hbond substituents is 1. The number of benzene rings is 1. The summed E-state index contributed by atoms with van der Waals surface area (Å²) in [4.78, 5) is 16.0. The molecule has 1 amide bonds. The van der Waals surface area contributed by atoms with Crippen LogP contribution in [0.1, 0.15) is 21.7 Å². The Morgan fingerprint density at radius 2 is 2.28 bits per heavy atom. The molecular weight excluding hydrogens is 230 g/mol. The van der Waals surface area contributed by atoms with Gasteiger partial charge in [-0.15, -0.1) is 0 Å². The number of carbonyl (C=O) groups excluding carboxylic acids is 1. The molecule has 1 aromatic heterocycles. The van der Waals surface area contributed by atoms with Crippen molar-refractivity contribution in [3.8, 4) is 5.75 Å². The van der Waals surface area contributed by atoms with Crippen LogP contribution < -0.4 is 5.32 Å². The number of imidazole rings is 1. The number of amides is 1. The lowest BCUT2D eigenvalue weighted by molar-refractivity contribution is 0.0947. The average molecular weight is 245 g/mol. The van der Waals surface area contributed by atoms with Crippen LogP contribution in [0.25, 0.3) is 0 Å². The molecule has 5 nitrogen and oxygen atoms in total. The summed E-state index contributed by atoms with van der Waals surface area (Å²) in [7, 11) is 1.86. The zero-order chi connectivity index (χ0) is 13.1. The second-order valence-electron chi connectivity index (χ2n) is 4.16. The molecule has 0 atom stereocenters. The smallest absolute Gasteiger partial charge is 0.255 e. The van der Waals surface area contributed by atoms with E-state index in [0.717, 1.165) is 11.4 Å².